The zero-order valence-corrected chi connectivity index (χ0v) is 23.7. The quantitative estimate of drug-likeness (QED) is 0.206. The van der Waals surface area contributed by atoms with Crippen molar-refractivity contribution in [2.24, 2.45) is 0 Å². The van der Waals surface area contributed by atoms with E-state index in [2.05, 4.69) is 60.0 Å². The molecule has 1 heterocycles. The minimum Gasteiger partial charge on any atom is -0.494 e. The number of aryl methyl sites for hydroxylation is 3. The molecule has 0 aromatic heterocycles. The van der Waals surface area contributed by atoms with Crippen molar-refractivity contribution in [2.45, 2.75) is 41.0 Å². The Labute approximate surface area is 230 Å². The average molecular weight is 608 g/mol. The van der Waals surface area contributed by atoms with Crippen LogP contribution in [0, 0.1) is 31.3 Å². The molecule has 1 aliphatic heterocycles. The van der Waals surface area contributed by atoms with Crippen molar-refractivity contribution in [1.29, 1.82) is 0 Å². The Bertz CT molecular complexity index is 1440. The number of hydrogen-bond acceptors (Lipinski definition) is 4. The van der Waals surface area contributed by atoms with Gasteiger partial charge >= 0.3 is 6.03 Å². The molecule has 0 spiro atoms. The number of carbonyl (C=O) groups is 3. The Balaban J connectivity index is 1.74. The summed E-state index contributed by atoms with van der Waals surface area (Å²) in [6.07, 6.45) is 2.22. The van der Waals surface area contributed by atoms with Gasteiger partial charge in [0.05, 0.1) is 12.3 Å². The van der Waals surface area contributed by atoms with Gasteiger partial charge in [-0.1, -0.05) is 41.5 Å². The lowest BCUT2D eigenvalue weighted by atomic mass is 9.98. The fourth-order valence-electron chi connectivity index (χ4n) is 4.57. The summed E-state index contributed by atoms with van der Waals surface area (Å²) < 4.78 is 6.95. The van der Waals surface area contributed by atoms with Crippen LogP contribution in [-0.4, -0.2) is 24.5 Å². The highest BCUT2D eigenvalue weighted by atomic mass is 127. The number of nitrogens with one attached hydrogen (secondary N) is 1. The van der Waals surface area contributed by atoms with Gasteiger partial charge in [-0.05, 0) is 104 Å². The van der Waals surface area contributed by atoms with Crippen LogP contribution in [-0.2, 0) is 16.0 Å². The number of benzene rings is 3. The fraction of sp³-hybridized carbons (Fsp3) is 0.233. The van der Waals surface area contributed by atoms with Gasteiger partial charge in [0.2, 0.25) is 0 Å². The van der Waals surface area contributed by atoms with E-state index in [0.717, 1.165) is 25.2 Å². The lowest BCUT2D eigenvalue weighted by molar-refractivity contribution is -0.122. The smallest absolute Gasteiger partial charge is 0.335 e. The van der Waals surface area contributed by atoms with Crippen LogP contribution < -0.4 is 15.0 Å². The molecular weight excluding hydrogens is 579 g/mol. The van der Waals surface area contributed by atoms with Crippen molar-refractivity contribution in [1.82, 2.24) is 5.32 Å². The largest absolute Gasteiger partial charge is 0.494 e. The number of ether oxygens (including phenoxy) is 1. The number of halogens is 1. The predicted octanol–water partition coefficient (Wildman–Crippen LogP) is 6.18. The number of barbiturate groups is 1. The number of urea groups is 1. The highest BCUT2D eigenvalue weighted by molar-refractivity contribution is 14.1. The maximum Gasteiger partial charge on any atom is 0.335 e. The Hall–Kier alpha value is -3.46. The van der Waals surface area contributed by atoms with Crippen molar-refractivity contribution in [3.8, 4) is 5.75 Å². The second kappa shape index (κ2) is 10.9. The standard InChI is InChI=1S/C30H29IN2O4/c1-6-37-27-16-22(15-25(31)23(27)13-21-11-17(2)10-18(3)12-21)14-24-28(34)32-30(36)33(29(24)35)26-9-7-8-19(4)20(26)5/h7-12,14-16H,6,13H2,1-5H3,(H,32,34,36)/b24-14+. The number of carbonyl (C=O) groups excluding carboxylic acids is 3. The first-order valence-corrected chi connectivity index (χ1v) is 13.2. The lowest BCUT2D eigenvalue weighted by Crippen LogP contribution is -2.54. The maximum absolute atomic E-state index is 13.4. The summed E-state index contributed by atoms with van der Waals surface area (Å²) in [7, 11) is 0. The van der Waals surface area contributed by atoms with E-state index in [-0.39, 0.29) is 5.57 Å². The van der Waals surface area contributed by atoms with E-state index in [0.29, 0.717) is 30.0 Å². The second-order valence-corrected chi connectivity index (χ2v) is 10.4. The minimum atomic E-state index is -0.755. The molecule has 0 bridgehead atoms. The van der Waals surface area contributed by atoms with E-state index >= 15 is 0 Å². The lowest BCUT2D eigenvalue weighted by Gasteiger charge is -2.28. The van der Waals surface area contributed by atoms with Crippen molar-refractivity contribution in [2.75, 3.05) is 11.5 Å². The van der Waals surface area contributed by atoms with E-state index in [9.17, 15) is 14.4 Å². The van der Waals surface area contributed by atoms with Gasteiger partial charge in [-0.25, -0.2) is 9.69 Å². The molecule has 4 rings (SSSR count). The van der Waals surface area contributed by atoms with Crippen molar-refractivity contribution in [3.05, 3.63) is 96.6 Å². The van der Waals surface area contributed by atoms with Gasteiger partial charge < -0.3 is 4.74 Å². The monoisotopic (exact) mass is 608 g/mol. The first-order valence-electron chi connectivity index (χ1n) is 12.1. The summed E-state index contributed by atoms with van der Waals surface area (Å²) in [5, 5.41) is 2.31. The van der Waals surface area contributed by atoms with E-state index in [1.165, 1.54) is 22.8 Å². The summed E-state index contributed by atoms with van der Waals surface area (Å²) >= 11 is 2.27. The Morgan fingerprint density at radius 2 is 1.68 bits per heavy atom. The molecular formula is C30H29IN2O4. The van der Waals surface area contributed by atoms with Crippen molar-refractivity contribution in [3.63, 3.8) is 0 Å². The molecule has 3 aromatic rings. The van der Waals surface area contributed by atoms with Gasteiger partial charge in [-0.15, -0.1) is 0 Å². The zero-order valence-electron chi connectivity index (χ0n) is 21.6. The summed E-state index contributed by atoms with van der Waals surface area (Å²) in [5.41, 5.74) is 7.36. The van der Waals surface area contributed by atoms with E-state index in [1.54, 1.807) is 12.1 Å². The third kappa shape index (κ3) is 5.61. The molecule has 3 aromatic carbocycles. The van der Waals surface area contributed by atoms with Crippen LogP contribution in [0.15, 0.2) is 54.1 Å². The zero-order chi connectivity index (χ0) is 26.9. The molecule has 37 heavy (non-hydrogen) atoms. The predicted molar refractivity (Wildman–Crippen MR) is 154 cm³/mol. The molecule has 4 amide bonds. The Morgan fingerprint density at radius 3 is 2.35 bits per heavy atom. The van der Waals surface area contributed by atoms with E-state index in [4.69, 9.17) is 4.74 Å². The van der Waals surface area contributed by atoms with Crippen molar-refractivity contribution < 1.29 is 19.1 Å². The molecule has 0 aliphatic carbocycles. The van der Waals surface area contributed by atoms with Crippen LogP contribution in [0.2, 0.25) is 0 Å². The number of hydrogen-bond donors (Lipinski definition) is 1. The van der Waals surface area contributed by atoms with Crippen LogP contribution in [0.5, 0.6) is 5.75 Å². The molecule has 1 aliphatic rings. The van der Waals surface area contributed by atoms with E-state index < -0.39 is 17.8 Å². The number of amides is 4. The Morgan fingerprint density at radius 1 is 0.973 bits per heavy atom. The molecule has 6 nitrogen and oxygen atoms in total. The number of nitrogens with zero attached hydrogens (tertiary/aromatic N) is 1. The number of anilines is 1. The SMILES string of the molecule is CCOc1cc(/C=C2\C(=O)NC(=O)N(c3cccc(C)c3C)C2=O)cc(I)c1Cc1cc(C)cc(C)c1. The number of imide groups is 2. The molecule has 1 fully saturated rings. The summed E-state index contributed by atoms with van der Waals surface area (Å²) in [4.78, 5) is 39.8. The van der Waals surface area contributed by atoms with Crippen LogP contribution >= 0.6 is 22.6 Å². The van der Waals surface area contributed by atoms with Crippen LogP contribution in [0.3, 0.4) is 0 Å². The molecule has 1 N–H and O–H groups in total. The number of rotatable bonds is 6. The highest BCUT2D eigenvalue weighted by Crippen LogP contribution is 2.32. The van der Waals surface area contributed by atoms with E-state index in [1.807, 2.05) is 39.0 Å². The first kappa shape index (κ1) is 26.6. The molecule has 0 saturated carbocycles. The van der Waals surface area contributed by atoms with Crippen molar-refractivity contribution >= 4 is 52.2 Å². The fourth-order valence-corrected chi connectivity index (χ4v) is 5.38. The minimum absolute atomic E-state index is 0.110. The summed E-state index contributed by atoms with van der Waals surface area (Å²) in [6, 6.07) is 14.9. The normalized spacial score (nSPS) is 14.8. The molecule has 0 unspecified atom stereocenters. The van der Waals surface area contributed by atoms with Gasteiger partial charge in [-0.3, -0.25) is 14.9 Å². The molecule has 0 radical (unpaired) electrons. The third-order valence-electron chi connectivity index (χ3n) is 6.37. The average Bonchev–Trinajstić information content (AvgIpc) is 2.81. The second-order valence-electron chi connectivity index (χ2n) is 9.26. The maximum atomic E-state index is 13.4. The molecule has 190 valence electrons. The van der Waals surface area contributed by atoms with Gasteiger partial charge in [0.15, 0.2) is 0 Å². The van der Waals surface area contributed by atoms with Crippen LogP contribution in [0.4, 0.5) is 10.5 Å². The first-order chi connectivity index (χ1) is 17.6. The van der Waals surface area contributed by atoms with Gasteiger partial charge in [0.1, 0.15) is 11.3 Å². The third-order valence-corrected chi connectivity index (χ3v) is 7.33. The van der Waals surface area contributed by atoms with Gasteiger partial charge in [0.25, 0.3) is 11.8 Å². The topological polar surface area (TPSA) is 75.7 Å². The summed E-state index contributed by atoms with van der Waals surface area (Å²) in [6.45, 7) is 10.3. The Kier molecular flexibility index (Phi) is 7.82. The van der Waals surface area contributed by atoms with Crippen LogP contribution in [0.1, 0.15) is 45.9 Å². The van der Waals surface area contributed by atoms with Crippen LogP contribution in [0.25, 0.3) is 6.08 Å². The highest BCUT2D eigenvalue weighted by Gasteiger charge is 2.37. The molecule has 1 saturated heterocycles. The van der Waals surface area contributed by atoms with Gasteiger partial charge in [0, 0.05) is 15.6 Å². The summed E-state index contributed by atoms with van der Waals surface area (Å²) in [5.74, 6) is -0.676. The molecule has 0 atom stereocenters. The molecule has 7 heteroatoms. The van der Waals surface area contributed by atoms with Gasteiger partial charge in [-0.2, -0.15) is 0 Å².